The number of nitrogens with one attached hydrogen (secondary N) is 1. The number of nitrogens with zero attached hydrogens (tertiary/aromatic N) is 2. The molecule has 1 amide bonds. The quantitative estimate of drug-likeness (QED) is 0.627. The average Bonchev–Trinajstić information content (AvgIpc) is 2.74. The van der Waals surface area contributed by atoms with Gasteiger partial charge in [0, 0.05) is 19.6 Å². The molecule has 0 saturated heterocycles. The second-order valence-corrected chi connectivity index (χ2v) is 6.51. The molecule has 0 saturated carbocycles. The Morgan fingerprint density at radius 3 is 2.46 bits per heavy atom. The first-order chi connectivity index (χ1) is 13.7. The third kappa shape index (κ3) is 5.16. The van der Waals surface area contributed by atoms with Crippen molar-refractivity contribution < 1.29 is 9.18 Å². The summed E-state index contributed by atoms with van der Waals surface area (Å²) in [5.41, 5.74) is 2.98. The largest absolute Gasteiger partial charge is 0.383 e. The Kier molecular flexibility index (Phi) is 6.73. The van der Waals surface area contributed by atoms with Crippen molar-refractivity contribution in [2.24, 2.45) is 0 Å². The van der Waals surface area contributed by atoms with Crippen molar-refractivity contribution in [2.75, 3.05) is 18.4 Å². The number of hydrogen-bond donors (Lipinski definition) is 1. The molecule has 4 nitrogen and oxygen atoms in total. The average molecular weight is 377 g/mol. The van der Waals surface area contributed by atoms with Crippen LogP contribution in [0, 0.1) is 5.82 Å². The van der Waals surface area contributed by atoms with Crippen LogP contribution in [0.5, 0.6) is 0 Å². The van der Waals surface area contributed by atoms with Crippen LogP contribution in [0.2, 0.25) is 0 Å². The van der Waals surface area contributed by atoms with Gasteiger partial charge < -0.3 is 10.2 Å². The van der Waals surface area contributed by atoms with Gasteiger partial charge in [0.2, 0.25) is 0 Å². The number of hydrogen-bond acceptors (Lipinski definition) is 3. The number of halogens is 1. The van der Waals surface area contributed by atoms with Gasteiger partial charge in [-0.25, -0.2) is 9.37 Å². The number of carbonyl (C=O) groups is 1. The molecule has 0 bridgehead atoms. The monoisotopic (exact) mass is 377 g/mol. The Balaban J connectivity index is 1.56. The fourth-order valence-corrected chi connectivity index (χ4v) is 2.96. The van der Waals surface area contributed by atoms with Crippen molar-refractivity contribution in [1.82, 2.24) is 9.88 Å². The predicted octanol–water partition coefficient (Wildman–Crippen LogP) is 4.54. The van der Waals surface area contributed by atoms with E-state index in [0.717, 1.165) is 11.3 Å². The summed E-state index contributed by atoms with van der Waals surface area (Å²) in [5, 5.41) is 3.22. The van der Waals surface area contributed by atoms with Gasteiger partial charge in [0.05, 0.1) is 11.9 Å². The highest BCUT2D eigenvalue weighted by atomic mass is 19.1. The second kappa shape index (κ2) is 9.65. The Labute approximate surface area is 165 Å². The van der Waals surface area contributed by atoms with E-state index >= 15 is 0 Å². The van der Waals surface area contributed by atoms with Crippen molar-refractivity contribution in [3.05, 3.63) is 95.6 Å². The first kappa shape index (κ1) is 19.5. The van der Waals surface area contributed by atoms with Gasteiger partial charge in [-0.1, -0.05) is 48.5 Å². The minimum absolute atomic E-state index is 0.0933. The van der Waals surface area contributed by atoms with E-state index in [-0.39, 0.29) is 11.7 Å². The number of aromatic nitrogens is 1. The molecular formula is C23H24FN3O. The van der Waals surface area contributed by atoms with E-state index in [1.165, 1.54) is 6.07 Å². The van der Waals surface area contributed by atoms with Crippen LogP contribution >= 0.6 is 0 Å². The van der Waals surface area contributed by atoms with Gasteiger partial charge in [-0.3, -0.25) is 4.79 Å². The van der Waals surface area contributed by atoms with Crippen LogP contribution in [0.1, 0.15) is 28.5 Å². The molecule has 0 unspecified atom stereocenters. The zero-order valence-corrected chi connectivity index (χ0v) is 15.9. The highest BCUT2D eigenvalue weighted by molar-refractivity contribution is 5.92. The maximum absolute atomic E-state index is 13.6. The van der Waals surface area contributed by atoms with Crippen molar-refractivity contribution in [3.8, 4) is 0 Å². The van der Waals surface area contributed by atoms with Crippen LogP contribution in [0.4, 0.5) is 10.1 Å². The molecule has 0 radical (unpaired) electrons. The van der Waals surface area contributed by atoms with Gasteiger partial charge >= 0.3 is 0 Å². The number of amides is 1. The standard InChI is InChI=1S/C23H24FN3O/c1-2-27(17-18-8-4-3-5-9-18)23(28)22-13-12-20(16-26-22)25-15-14-19-10-6-7-11-21(19)24/h3-13,16,25H,2,14-15,17H2,1H3. The second-order valence-electron chi connectivity index (χ2n) is 6.51. The number of pyridine rings is 1. The summed E-state index contributed by atoms with van der Waals surface area (Å²) < 4.78 is 13.6. The molecular weight excluding hydrogens is 353 g/mol. The van der Waals surface area contributed by atoms with E-state index in [2.05, 4.69) is 10.3 Å². The lowest BCUT2D eigenvalue weighted by Crippen LogP contribution is -2.30. The highest BCUT2D eigenvalue weighted by Crippen LogP contribution is 2.12. The zero-order chi connectivity index (χ0) is 19.8. The van der Waals surface area contributed by atoms with Crippen LogP contribution < -0.4 is 5.32 Å². The molecule has 28 heavy (non-hydrogen) atoms. The zero-order valence-electron chi connectivity index (χ0n) is 15.9. The van der Waals surface area contributed by atoms with E-state index in [4.69, 9.17) is 0 Å². The van der Waals surface area contributed by atoms with E-state index < -0.39 is 0 Å². The molecule has 144 valence electrons. The van der Waals surface area contributed by atoms with Crippen molar-refractivity contribution in [3.63, 3.8) is 0 Å². The normalized spacial score (nSPS) is 10.5. The maximum atomic E-state index is 13.6. The SMILES string of the molecule is CCN(Cc1ccccc1)C(=O)c1ccc(NCCc2ccccc2F)cn1. The predicted molar refractivity (Wildman–Crippen MR) is 110 cm³/mol. The summed E-state index contributed by atoms with van der Waals surface area (Å²) in [6.07, 6.45) is 2.22. The fourth-order valence-electron chi connectivity index (χ4n) is 2.96. The lowest BCUT2D eigenvalue weighted by molar-refractivity contribution is 0.0746. The minimum atomic E-state index is -0.193. The van der Waals surface area contributed by atoms with Crippen molar-refractivity contribution in [2.45, 2.75) is 19.9 Å². The molecule has 1 heterocycles. The van der Waals surface area contributed by atoms with Crippen LogP contribution in [-0.2, 0) is 13.0 Å². The number of anilines is 1. The number of benzene rings is 2. The molecule has 5 heteroatoms. The topological polar surface area (TPSA) is 45.2 Å². The summed E-state index contributed by atoms with van der Waals surface area (Å²) in [7, 11) is 0. The molecule has 0 aliphatic heterocycles. The summed E-state index contributed by atoms with van der Waals surface area (Å²) in [4.78, 5) is 18.8. The Morgan fingerprint density at radius 2 is 1.79 bits per heavy atom. The molecule has 0 aliphatic carbocycles. The Bertz CT molecular complexity index is 897. The van der Waals surface area contributed by atoms with Gasteiger partial charge in [0.1, 0.15) is 11.5 Å². The smallest absolute Gasteiger partial charge is 0.272 e. The summed E-state index contributed by atoms with van der Waals surface area (Å²) in [5.74, 6) is -0.286. The molecule has 0 spiro atoms. The number of rotatable bonds is 8. The summed E-state index contributed by atoms with van der Waals surface area (Å²) in [6, 6.07) is 20.2. The first-order valence-corrected chi connectivity index (χ1v) is 9.44. The molecule has 2 aromatic carbocycles. The van der Waals surface area contributed by atoms with Crippen LogP contribution in [-0.4, -0.2) is 28.9 Å². The first-order valence-electron chi connectivity index (χ1n) is 9.44. The molecule has 1 N–H and O–H groups in total. The number of carbonyl (C=O) groups excluding carboxylic acids is 1. The summed E-state index contributed by atoms with van der Waals surface area (Å²) >= 11 is 0. The highest BCUT2D eigenvalue weighted by Gasteiger charge is 2.15. The Hall–Kier alpha value is -3.21. The molecule has 3 rings (SSSR count). The maximum Gasteiger partial charge on any atom is 0.272 e. The third-order valence-electron chi connectivity index (χ3n) is 4.55. The lowest BCUT2D eigenvalue weighted by Gasteiger charge is -2.20. The van der Waals surface area contributed by atoms with Crippen LogP contribution in [0.3, 0.4) is 0 Å². The van der Waals surface area contributed by atoms with E-state index in [0.29, 0.717) is 37.3 Å². The van der Waals surface area contributed by atoms with E-state index in [9.17, 15) is 9.18 Å². The minimum Gasteiger partial charge on any atom is -0.383 e. The molecule has 1 aromatic heterocycles. The van der Waals surface area contributed by atoms with Gasteiger partial charge in [0.25, 0.3) is 5.91 Å². The molecule has 0 fully saturated rings. The molecule has 0 aliphatic rings. The molecule has 0 atom stereocenters. The van der Waals surface area contributed by atoms with Gasteiger partial charge in [-0.05, 0) is 42.7 Å². The van der Waals surface area contributed by atoms with Gasteiger partial charge in [0.15, 0.2) is 0 Å². The van der Waals surface area contributed by atoms with E-state index in [1.54, 1.807) is 29.3 Å². The van der Waals surface area contributed by atoms with Crippen LogP contribution in [0.25, 0.3) is 0 Å². The lowest BCUT2D eigenvalue weighted by atomic mass is 10.1. The van der Waals surface area contributed by atoms with Crippen molar-refractivity contribution in [1.29, 1.82) is 0 Å². The molecule has 3 aromatic rings. The fraction of sp³-hybridized carbons (Fsp3) is 0.217. The van der Waals surface area contributed by atoms with Gasteiger partial charge in [-0.15, -0.1) is 0 Å². The van der Waals surface area contributed by atoms with Crippen LogP contribution in [0.15, 0.2) is 72.9 Å². The van der Waals surface area contributed by atoms with E-state index in [1.807, 2.05) is 49.4 Å². The third-order valence-corrected chi connectivity index (χ3v) is 4.55. The summed E-state index contributed by atoms with van der Waals surface area (Å²) in [6.45, 7) is 3.71. The van der Waals surface area contributed by atoms with Gasteiger partial charge in [-0.2, -0.15) is 0 Å². The van der Waals surface area contributed by atoms with Crippen molar-refractivity contribution >= 4 is 11.6 Å². The Morgan fingerprint density at radius 1 is 1.04 bits per heavy atom.